The highest BCUT2D eigenvalue weighted by Crippen LogP contribution is 2.40. The quantitative estimate of drug-likeness (QED) is 0.338. The molecule has 4 heterocycles. The van der Waals surface area contributed by atoms with Gasteiger partial charge in [0.15, 0.2) is 0 Å². The van der Waals surface area contributed by atoms with Gasteiger partial charge in [0, 0.05) is 61.6 Å². The van der Waals surface area contributed by atoms with Crippen LogP contribution in [0.2, 0.25) is 0 Å². The molecule has 1 spiro atoms. The minimum atomic E-state index is 0.208. The Balaban J connectivity index is 1.11. The van der Waals surface area contributed by atoms with Crippen LogP contribution in [-0.4, -0.2) is 79.0 Å². The van der Waals surface area contributed by atoms with Crippen LogP contribution in [0.15, 0.2) is 36.4 Å². The second-order valence-corrected chi connectivity index (χ2v) is 13.0. The molecule has 7 heteroatoms. The number of fused-ring (bicyclic) bond motifs is 1. The molecule has 0 amide bonds. The first-order valence-corrected chi connectivity index (χ1v) is 15.8. The number of likely N-dealkylation sites (tertiary alicyclic amines) is 1. The summed E-state index contributed by atoms with van der Waals surface area (Å²) in [6.07, 6.45) is 5.81. The molecule has 2 aromatic carbocycles. The van der Waals surface area contributed by atoms with Crippen molar-refractivity contribution in [2.75, 3.05) is 59.2 Å². The molecule has 3 aromatic rings. The summed E-state index contributed by atoms with van der Waals surface area (Å²) < 4.78 is 12.2. The van der Waals surface area contributed by atoms with Crippen LogP contribution in [0.4, 0.5) is 0 Å². The first-order chi connectivity index (χ1) is 19.5. The molecule has 2 fully saturated rings. The van der Waals surface area contributed by atoms with E-state index < -0.39 is 0 Å². The van der Waals surface area contributed by atoms with Gasteiger partial charge in [-0.25, -0.2) is 4.98 Å². The van der Waals surface area contributed by atoms with Crippen LogP contribution in [0.3, 0.4) is 0 Å². The Bertz CT molecular complexity index is 1320. The number of β-amino-alcohol motifs (C(OH)–C–C–N with tert-alkyl or cyclic N) is 1. The maximum atomic E-state index is 9.35. The Morgan fingerprint density at radius 1 is 1.00 bits per heavy atom. The number of rotatable bonds is 9. The summed E-state index contributed by atoms with van der Waals surface area (Å²) >= 11 is 1.80. The minimum absolute atomic E-state index is 0.208. The summed E-state index contributed by atoms with van der Waals surface area (Å²) in [5.41, 5.74) is 7.77. The number of aliphatic hydroxyl groups is 1. The van der Waals surface area contributed by atoms with Crippen molar-refractivity contribution in [3.8, 4) is 27.4 Å². The zero-order chi connectivity index (χ0) is 27.5. The van der Waals surface area contributed by atoms with E-state index in [2.05, 4.69) is 60.0 Å². The fourth-order valence-electron chi connectivity index (χ4n) is 6.84. The number of aliphatic hydroxyl groups excluding tert-OH is 1. The maximum absolute atomic E-state index is 9.35. The fourth-order valence-corrected chi connectivity index (χ4v) is 8.07. The van der Waals surface area contributed by atoms with E-state index >= 15 is 0 Å². The lowest BCUT2D eigenvalue weighted by molar-refractivity contribution is -0.00225. The van der Waals surface area contributed by atoms with Gasteiger partial charge in [-0.15, -0.1) is 11.3 Å². The van der Waals surface area contributed by atoms with Crippen molar-refractivity contribution in [1.29, 1.82) is 0 Å². The van der Waals surface area contributed by atoms with Gasteiger partial charge in [0.25, 0.3) is 0 Å². The molecule has 1 unspecified atom stereocenters. The van der Waals surface area contributed by atoms with Crippen molar-refractivity contribution in [3.63, 3.8) is 0 Å². The first-order valence-electron chi connectivity index (χ1n) is 15.0. The number of ether oxygens (including phenoxy) is 2. The van der Waals surface area contributed by atoms with Crippen LogP contribution in [0.1, 0.15) is 47.4 Å². The molecule has 40 heavy (non-hydrogen) atoms. The fraction of sp³-hybridized carbons (Fsp3) is 0.545. The van der Waals surface area contributed by atoms with Crippen molar-refractivity contribution < 1.29 is 14.6 Å². The molecule has 6 nitrogen and oxygen atoms in total. The number of benzene rings is 2. The Morgan fingerprint density at radius 2 is 1.82 bits per heavy atom. The summed E-state index contributed by atoms with van der Waals surface area (Å²) in [6.45, 7) is 13.3. The van der Waals surface area contributed by atoms with Crippen LogP contribution in [0.25, 0.3) is 21.7 Å². The summed E-state index contributed by atoms with van der Waals surface area (Å²) in [5.74, 6) is 0.981. The monoisotopic (exact) mass is 561 g/mol. The third-order valence-electron chi connectivity index (χ3n) is 9.16. The van der Waals surface area contributed by atoms with Crippen LogP contribution in [0.5, 0.6) is 5.75 Å². The van der Waals surface area contributed by atoms with Gasteiger partial charge in [-0.1, -0.05) is 30.3 Å². The first kappa shape index (κ1) is 27.9. The van der Waals surface area contributed by atoms with Gasteiger partial charge < -0.3 is 19.5 Å². The van der Waals surface area contributed by atoms with Crippen molar-refractivity contribution in [1.82, 2.24) is 14.8 Å². The molecule has 0 radical (unpaired) electrons. The van der Waals surface area contributed by atoms with E-state index in [4.69, 9.17) is 14.5 Å². The third kappa shape index (κ3) is 5.86. The van der Waals surface area contributed by atoms with Crippen LogP contribution < -0.4 is 4.74 Å². The molecule has 214 valence electrons. The second kappa shape index (κ2) is 12.3. The lowest BCUT2D eigenvalue weighted by atomic mass is 9.82. The highest BCUT2D eigenvalue weighted by molar-refractivity contribution is 7.15. The molecule has 1 aromatic heterocycles. The minimum Gasteiger partial charge on any atom is -0.493 e. The highest BCUT2D eigenvalue weighted by atomic mass is 32.1. The van der Waals surface area contributed by atoms with Crippen molar-refractivity contribution in [2.45, 2.75) is 52.5 Å². The van der Waals surface area contributed by atoms with Crippen molar-refractivity contribution in [3.05, 3.63) is 58.1 Å². The maximum Gasteiger partial charge on any atom is 0.124 e. The van der Waals surface area contributed by atoms with Gasteiger partial charge in [-0.3, -0.25) is 4.90 Å². The molecule has 1 atom stereocenters. The molecule has 6 rings (SSSR count). The van der Waals surface area contributed by atoms with Gasteiger partial charge in [0.2, 0.25) is 0 Å². The Kier molecular flexibility index (Phi) is 8.56. The summed E-state index contributed by atoms with van der Waals surface area (Å²) in [6, 6.07) is 13.0. The van der Waals surface area contributed by atoms with E-state index in [9.17, 15) is 5.11 Å². The van der Waals surface area contributed by atoms with E-state index in [1.54, 1.807) is 11.3 Å². The average Bonchev–Trinajstić information content (AvgIpc) is 3.56. The SMILES string of the molecule is Cc1c(OCCCN2CCC3(CCCOC3)C2)cccc1-c1cccc(-c2nc3c(s2)CN(CCO)CC3)c1C. The second-order valence-electron chi connectivity index (χ2n) is 11.9. The van der Waals surface area contributed by atoms with E-state index in [-0.39, 0.29) is 6.61 Å². The number of hydrogen-bond acceptors (Lipinski definition) is 7. The van der Waals surface area contributed by atoms with Gasteiger partial charge in [-0.2, -0.15) is 0 Å². The molecule has 2 saturated heterocycles. The molecule has 3 aliphatic rings. The van der Waals surface area contributed by atoms with Gasteiger partial charge in [0.05, 0.1) is 25.5 Å². The van der Waals surface area contributed by atoms with Crippen LogP contribution in [-0.2, 0) is 17.7 Å². The van der Waals surface area contributed by atoms with Crippen LogP contribution in [0, 0.1) is 19.3 Å². The van der Waals surface area contributed by atoms with Crippen molar-refractivity contribution >= 4 is 11.3 Å². The number of nitrogens with zero attached hydrogens (tertiary/aromatic N) is 3. The predicted molar refractivity (Wildman–Crippen MR) is 162 cm³/mol. The lowest BCUT2D eigenvalue weighted by Gasteiger charge is -2.33. The van der Waals surface area contributed by atoms with Gasteiger partial charge in [0.1, 0.15) is 10.8 Å². The van der Waals surface area contributed by atoms with E-state index in [1.165, 1.54) is 70.7 Å². The standard InChI is InChI=1S/C33H43N3O3S/c1-24-26(7-3-9-28(24)32-34-29-11-15-35(17-18-37)21-31(29)40-32)27-8-4-10-30(25(27)2)39-20-6-14-36-16-13-33(22-36)12-5-19-38-23-33/h3-4,7-10,37H,5-6,11-23H2,1-2H3. The Hall–Kier alpha value is -2.29. The molecule has 0 saturated carbocycles. The van der Waals surface area contributed by atoms with E-state index in [0.29, 0.717) is 5.41 Å². The molecular weight excluding hydrogens is 518 g/mol. The highest BCUT2D eigenvalue weighted by Gasteiger charge is 2.39. The van der Waals surface area contributed by atoms with E-state index in [0.717, 1.165) is 69.6 Å². The topological polar surface area (TPSA) is 58.1 Å². The smallest absolute Gasteiger partial charge is 0.124 e. The summed E-state index contributed by atoms with van der Waals surface area (Å²) in [7, 11) is 0. The Labute approximate surface area is 242 Å². The Morgan fingerprint density at radius 3 is 2.65 bits per heavy atom. The van der Waals surface area contributed by atoms with Gasteiger partial charge >= 0.3 is 0 Å². The van der Waals surface area contributed by atoms with Gasteiger partial charge in [-0.05, 0) is 74.4 Å². The number of hydrogen-bond donors (Lipinski definition) is 1. The molecular formula is C33H43N3O3S. The predicted octanol–water partition coefficient (Wildman–Crippen LogP) is 5.72. The molecule has 3 aliphatic heterocycles. The molecule has 0 bridgehead atoms. The lowest BCUT2D eigenvalue weighted by Crippen LogP contribution is -2.35. The zero-order valence-corrected chi connectivity index (χ0v) is 24.9. The third-order valence-corrected chi connectivity index (χ3v) is 10.3. The zero-order valence-electron chi connectivity index (χ0n) is 24.1. The largest absolute Gasteiger partial charge is 0.493 e. The molecule has 1 N–H and O–H groups in total. The summed E-state index contributed by atoms with van der Waals surface area (Å²) in [5, 5.41) is 10.4. The normalized spacial score (nSPS) is 21.7. The number of thiazole rings is 1. The number of aromatic nitrogens is 1. The average molecular weight is 562 g/mol. The van der Waals surface area contributed by atoms with Crippen molar-refractivity contribution in [2.24, 2.45) is 5.41 Å². The molecule has 0 aliphatic carbocycles. The summed E-state index contributed by atoms with van der Waals surface area (Å²) in [4.78, 5) is 11.3. The van der Waals surface area contributed by atoms with E-state index in [1.807, 2.05) is 0 Å². The van der Waals surface area contributed by atoms with Crippen LogP contribution >= 0.6 is 11.3 Å².